The zero-order valence-corrected chi connectivity index (χ0v) is 5.98. The first-order chi connectivity index (χ1) is 5.23. The van der Waals surface area contributed by atoms with Gasteiger partial charge in [0.1, 0.15) is 0 Å². The van der Waals surface area contributed by atoms with E-state index in [-0.39, 0.29) is 0 Å². The van der Waals surface area contributed by atoms with Crippen molar-refractivity contribution >= 4 is 11.6 Å². The second-order valence-corrected chi connectivity index (χ2v) is 2.63. The maximum absolute atomic E-state index is 12.2. The quantitative estimate of drug-likeness (QED) is 0.539. The van der Waals surface area contributed by atoms with Crippen molar-refractivity contribution < 1.29 is 26.3 Å². The summed E-state index contributed by atoms with van der Waals surface area (Å²) in [5, 5.41) is -1.76. The third-order valence-electron chi connectivity index (χ3n) is 1.44. The molecule has 1 atom stereocenters. The van der Waals surface area contributed by atoms with Crippen molar-refractivity contribution in [1.29, 1.82) is 0 Å². The Kier molecular flexibility index (Phi) is 1.86. The van der Waals surface area contributed by atoms with Crippen molar-refractivity contribution in [3.05, 3.63) is 10.9 Å². The molecule has 0 amide bonds. The van der Waals surface area contributed by atoms with Gasteiger partial charge in [-0.05, 0) is 0 Å². The number of rotatable bonds is 0. The van der Waals surface area contributed by atoms with Crippen LogP contribution in [-0.2, 0) is 0 Å². The molecule has 12 heavy (non-hydrogen) atoms. The van der Waals surface area contributed by atoms with Gasteiger partial charge in [0.05, 0.1) is 5.03 Å². The fraction of sp³-hybridized carbons (Fsp3) is 0.600. The van der Waals surface area contributed by atoms with E-state index in [2.05, 4.69) is 11.6 Å². The summed E-state index contributed by atoms with van der Waals surface area (Å²) in [5.41, 5.74) is 0. The number of hydrogen-bond donors (Lipinski definition) is 0. The highest BCUT2D eigenvalue weighted by Crippen LogP contribution is 2.53. The van der Waals surface area contributed by atoms with Crippen LogP contribution in [0.2, 0.25) is 0 Å². The normalized spacial score (nSPS) is 32.8. The molecule has 0 heterocycles. The number of halogens is 7. The molecule has 0 aromatic rings. The first-order valence-corrected chi connectivity index (χ1v) is 3.06. The van der Waals surface area contributed by atoms with Crippen LogP contribution in [-0.4, -0.2) is 18.0 Å². The number of alkyl halides is 5. The van der Waals surface area contributed by atoms with Gasteiger partial charge in [0.25, 0.3) is 0 Å². The van der Waals surface area contributed by atoms with Crippen LogP contribution < -0.4 is 0 Å². The van der Waals surface area contributed by atoms with E-state index in [9.17, 15) is 26.3 Å². The number of hydrogen-bond acceptors (Lipinski definition) is 0. The molecule has 0 aliphatic heterocycles. The van der Waals surface area contributed by atoms with Crippen LogP contribution in [0.1, 0.15) is 0 Å². The van der Waals surface area contributed by atoms with Crippen LogP contribution in [0.4, 0.5) is 26.3 Å². The van der Waals surface area contributed by atoms with E-state index in [0.29, 0.717) is 0 Å². The van der Waals surface area contributed by atoms with Crippen LogP contribution in [0.25, 0.3) is 0 Å². The van der Waals surface area contributed by atoms with Crippen LogP contribution in [0.3, 0.4) is 0 Å². The zero-order chi connectivity index (χ0) is 9.73. The van der Waals surface area contributed by atoms with Crippen molar-refractivity contribution in [1.82, 2.24) is 0 Å². The van der Waals surface area contributed by atoms with Gasteiger partial charge in [0, 0.05) is 0 Å². The van der Waals surface area contributed by atoms with E-state index in [0.717, 1.165) is 0 Å². The van der Waals surface area contributed by atoms with E-state index in [1.165, 1.54) is 0 Å². The minimum atomic E-state index is -5.14. The average Bonchev–Trinajstić information content (AvgIpc) is 2.05. The maximum atomic E-state index is 12.2. The summed E-state index contributed by atoms with van der Waals surface area (Å²) in [7, 11) is 0. The lowest BCUT2D eigenvalue weighted by Crippen LogP contribution is -2.42. The molecule has 0 aromatic carbocycles. The molecule has 1 aliphatic rings. The Balaban J connectivity index is 3.22. The van der Waals surface area contributed by atoms with Gasteiger partial charge in [-0.15, -0.1) is 0 Å². The van der Waals surface area contributed by atoms with Gasteiger partial charge in [0.2, 0.25) is 6.17 Å². The average molecular weight is 211 g/mol. The summed E-state index contributed by atoms with van der Waals surface area (Å²) >= 11 is 4.55. The second kappa shape index (κ2) is 2.31. The first-order valence-electron chi connectivity index (χ1n) is 2.68. The van der Waals surface area contributed by atoms with E-state index >= 15 is 0 Å². The molecule has 0 nitrogen and oxygen atoms in total. The summed E-state index contributed by atoms with van der Waals surface area (Å²) in [4.78, 5) is 0. The Morgan fingerprint density at radius 3 is 1.67 bits per heavy atom. The second-order valence-electron chi connectivity index (χ2n) is 2.22. The molecule has 1 aliphatic carbocycles. The van der Waals surface area contributed by atoms with Gasteiger partial charge in [0.15, 0.2) is 5.83 Å². The monoisotopic (exact) mass is 210 g/mol. The fourth-order valence-electron chi connectivity index (χ4n) is 0.726. The third kappa shape index (κ3) is 0.870. The molecule has 70 valence electrons. The molecule has 0 saturated heterocycles. The van der Waals surface area contributed by atoms with E-state index in [1.54, 1.807) is 0 Å². The number of allylic oxidation sites excluding steroid dienone is 2. The Morgan fingerprint density at radius 1 is 1.17 bits per heavy atom. The standard InChI is InChI=1S/C5HClF6/c6-1-2(7)4(9,10)5(11,12)3(1)8/h2H. The highest BCUT2D eigenvalue weighted by atomic mass is 35.5. The summed E-state index contributed by atoms with van der Waals surface area (Å²) < 4.78 is 72.8. The molecule has 1 unspecified atom stereocenters. The van der Waals surface area contributed by atoms with Crippen molar-refractivity contribution in [2.45, 2.75) is 18.0 Å². The summed E-state index contributed by atoms with van der Waals surface area (Å²) in [5.74, 6) is -12.8. The fourth-order valence-corrected chi connectivity index (χ4v) is 0.982. The first kappa shape index (κ1) is 9.70. The molecule has 0 N–H and O–H groups in total. The molecule has 7 heteroatoms. The molecule has 0 fully saturated rings. The van der Waals surface area contributed by atoms with Crippen molar-refractivity contribution in [3.63, 3.8) is 0 Å². The molecule has 0 aromatic heterocycles. The van der Waals surface area contributed by atoms with Gasteiger partial charge in [-0.2, -0.15) is 17.6 Å². The van der Waals surface area contributed by atoms with Crippen LogP contribution in [0, 0.1) is 0 Å². The van der Waals surface area contributed by atoms with Gasteiger partial charge in [-0.3, -0.25) is 0 Å². The minimum absolute atomic E-state index is 1.76. The molecular formula is C5HClF6. The van der Waals surface area contributed by atoms with E-state index < -0.39 is 28.9 Å². The van der Waals surface area contributed by atoms with Crippen molar-refractivity contribution in [2.24, 2.45) is 0 Å². The van der Waals surface area contributed by atoms with Gasteiger partial charge in [-0.25, -0.2) is 8.78 Å². The smallest absolute Gasteiger partial charge is 0.234 e. The summed E-state index contributed by atoms with van der Waals surface area (Å²) in [6.07, 6.45) is -3.46. The lowest BCUT2D eigenvalue weighted by Gasteiger charge is -2.19. The molecule has 0 saturated carbocycles. The van der Waals surface area contributed by atoms with Crippen molar-refractivity contribution in [2.75, 3.05) is 0 Å². The molecule has 1 rings (SSSR count). The molecule has 0 spiro atoms. The SMILES string of the molecule is FC1=C(Cl)C(F)C(F)(F)C1(F)F. The van der Waals surface area contributed by atoms with Crippen LogP contribution in [0.5, 0.6) is 0 Å². The topological polar surface area (TPSA) is 0 Å². The Morgan fingerprint density at radius 2 is 1.58 bits per heavy atom. The van der Waals surface area contributed by atoms with Gasteiger partial charge >= 0.3 is 11.8 Å². The molecule has 0 bridgehead atoms. The summed E-state index contributed by atoms with van der Waals surface area (Å²) in [6.45, 7) is 0. The minimum Gasteiger partial charge on any atom is -0.234 e. The third-order valence-corrected chi connectivity index (χ3v) is 1.80. The lowest BCUT2D eigenvalue weighted by molar-refractivity contribution is -0.203. The lowest BCUT2D eigenvalue weighted by atomic mass is 10.2. The Bertz CT molecular complexity index is 244. The van der Waals surface area contributed by atoms with Crippen LogP contribution >= 0.6 is 11.6 Å². The Hall–Kier alpha value is -0.390. The molecule has 0 radical (unpaired) electrons. The summed E-state index contributed by atoms with van der Waals surface area (Å²) in [6, 6.07) is 0. The maximum Gasteiger partial charge on any atom is 0.365 e. The predicted molar refractivity (Wildman–Crippen MR) is 28.8 cm³/mol. The van der Waals surface area contributed by atoms with Crippen molar-refractivity contribution in [3.8, 4) is 0 Å². The zero-order valence-electron chi connectivity index (χ0n) is 5.22. The van der Waals surface area contributed by atoms with Gasteiger partial charge < -0.3 is 0 Å². The van der Waals surface area contributed by atoms with E-state index in [1.807, 2.05) is 0 Å². The van der Waals surface area contributed by atoms with E-state index in [4.69, 9.17) is 0 Å². The molecular weight excluding hydrogens is 209 g/mol. The van der Waals surface area contributed by atoms with Crippen LogP contribution in [0.15, 0.2) is 10.9 Å². The largest absolute Gasteiger partial charge is 0.365 e. The highest BCUT2D eigenvalue weighted by Gasteiger charge is 2.71. The predicted octanol–water partition coefficient (Wildman–Crippen LogP) is 3.03. The van der Waals surface area contributed by atoms with Gasteiger partial charge in [-0.1, -0.05) is 11.6 Å². The Labute approximate surface area is 67.8 Å². The highest BCUT2D eigenvalue weighted by molar-refractivity contribution is 6.31.